The fourth-order valence-electron chi connectivity index (χ4n) is 4.88. The summed E-state index contributed by atoms with van der Waals surface area (Å²) in [5, 5.41) is 0. The van der Waals surface area contributed by atoms with Gasteiger partial charge in [-0.3, -0.25) is 0 Å². The number of alkyl halides is 2. The lowest BCUT2D eigenvalue weighted by molar-refractivity contribution is -0.185. The molecule has 0 atom stereocenters. The van der Waals surface area contributed by atoms with Crippen molar-refractivity contribution in [3.05, 3.63) is 65.0 Å². The van der Waals surface area contributed by atoms with Crippen molar-refractivity contribution in [2.24, 2.45) is 11.8 Å². The van der Waals surface area contributed by atoms with E-state index in [1.165, 1.54) is 76.3 Å². The predicted molar refractivity (Wildman–Crippen MR) is 124 cm³/mol. The maximum atomic E-state index is 14.4. The number of hydrogen-bond donors (Lipinski definition) is 0. The summed E-state index contributed by atoms with van der Waals surface area (Å²) < 4.78 is 73.0. The van der Waals surface area contributed by atoms with Gasteiger partial charge in [-0.1, -0.05) is 83.3 Å². The Morgan fingerprint density at radius 3 is 1.94 bits per heavy atom. The Hall–Kier alpha value is -2.11. The molecule has 0 N–H and O–H groups in total. The Morgan fingerprint density at radius 1 is 0.794 bits per heavy atom. The van der Waals surface area contributed by atoms with Crippen molar-refractivity contribution in [3.63, 3.8) is 0 Å². The van der Waals surface area contributed by atoms with Crippen LogP contribution in [0, 0.1) is 29.3 Å². The van der Waals surface area contributed by atoms with Crippen LogP contribution in [-0.4, -0.2) is 0 Å². The number of benzene rings is 2. The van der Waals surface area contributed by atoms with Gasteiger partial charge in [0.15, 0.2) is 17.5 Å². The van der Waals surface area contributed by atoms with Gasteiger partial charge in [-0.25, -0.2) is 13.2 Å². The van der Waals surface area contributed by atoms with Crippen LogP contribution in [0.3, 0.4) is 0 Å². The SMILES string of the molecule is CCCCCCCC1CCC(CCc2ccc(C(F)(F)Oc3cc(F)c(F)c(F)c3)cc2)CC1. The molecule has 0 aromatic heterocycles. The van der Waals surface area contributed by atoms with E-state index < -0.39 is 34.9 Å². The number of aryl methyl sites for hydroxylation is 1. The predicted octanol–water partition coefficient (Wildman–Crippen LogP) is 9.33. The number of hydrogen-bond acceptors (Lipinski definition) is 1. The van der Waals surface area contributed by atoms with Crippen molar-refractivity contribution >= 4 is 0 Å². The van der Waals surface area contributed by atoms with Gasteiger partial charge < -0.3 is 4.74 Å². The molecule has 0 heterocycles. The standard InChI is InChI=1S/C28H35F5O/c1-2-3-4-5-6-7-20-8-10-21(11-9-20)12-13-22-14-16-23(17-15-22)28(32,33)34-24-18-25(29)27(31)26(30)19-24/h14-21H,2-13H2,1H3. The molecule has 0 saturated heterocycles. The molecule has 1 saturated carbocycles. The average Bonchev–Trinajstić information content (AvgIpc) is 2.82. The number of rotatable bonds is 12. The topological polar surface area (TPSA) is 9.23 Å². The van der Waals surface area contributed by atoms with E-state index in [1.54, 1.807) is 12.1 Å². The molecule has 1 aliphatic rings. The first kappa shape index (κ1) is 26.5. The highest BCUT2D eigenvalue weighted by Crippen LogP contribution is 2.35. The van der Waals surface area contributed by atoms with Crippen molar-refractivity contribution < 1.29 is 26.7 Å². The summed E-state index contributed by atoms with van der Waals surface area (Å²) in [5.74, 6) is -4.12. The largest absolute Gasteiger partial charge is 0.429 e. The minimum Gasteiger partial charge on any atom is -0.429 e. The van der Waals surface area contributed by atoms with Crippen LogP contribution < -0.4 is 4.74 Å². The molecule has 0 bridgehead atoms. The minimum atomic E-state index is -3.80. The zero-order chi connectivity index (χ0) is 24.6. The maximum Gasteiger partial charge on any atom is 0.426 e. The first-order chi connectivity index (χ1) is 16.3. The Balaban J connectivity index is 1.43. The smallest absolute Gasteiger partial charge is 0.426 e. The second kappa shape index (κ2) is 12.6. The van der Waals surface area contributed by atoms with Gasteiger partial charge in [0.25, 0.3) is 0 Å². The highest BCUT2D eigenvalue weighted by Gasteiger charge is 2.35. The summed E-state index contributed by atoms with van der Waals surface area (Å²) in [5.41, 5.74) is 0.539. The van der Waals surface area contributed by atoms with E-state index >= 15 is 0 Å². The number of unbranched alkanes of at least 4 members (excludes halogenated alkanes) is 4. The van der Waals surface area contributed by atoms with E-state index in [4.69, 9.17) is 0 Å². The third-order valence-electron chi connectivity index (χ3n) is 7.02. The quantitative estimate of drug-likeness (QED) is 0.166. The highest BCUT2D eigenvalue weighted by atomic mass is 19.3. The zero-order valence-electron chi connectivity index (χ0n) is 19.9. The lowest BCUT2D eigenvalue weighted by Crippen LogP contribution is -2.22. The molecule has 1 fully saturated rings. The summed E-state index contributed by atoms with van der Waals surface area (Å²) in [6, 6.07) is 6.62. The van der Waals surface area contributed by atoms with Crippen LogP contribution in [0.4, 0.5) is 22.0 Å². The lowest BCUT2D eigenvalue weighted by Gasteiger charge is -2.28. The van der Waals surface area contributed by atoms with E-state index in [0.717, 1.165) is 24.3 Å². The summed E-state index contributed by atoms with van der Waals surface area (Å²) >= 11 is 0. The van der Waals surface area contributed by atoms with Gasteiger partial charge in [0, 0.05) is 12.1 Å². The molecule has 2 aromatic rings. The molecule has 6 heteroatoms. The van der Waals surface area contributed by atoms with Gasteiger partial charge in [0.05, 0.1) is 5.56 Å². The van der Waals surface area contributed by atoms with E-state index in [9.17, 15) is 22.0 Å². The van der Waals surface area contributed by atoms with E-state index in [0.29, 0.717) is 18.1 Å². The van der Waals surface area contributed by atoms with Gasteiger partial charge in [-0.05, 0) is 42.4 Å². The second-order valence-corrected chi connectivity index (χ2v) is 9.64. The van der Waals surface area contributed by atoms with Crippen molar-refractivity contribution in [1.29, 1.82) is 0 Å². The van der Waals surface area contributed by atoms with Crippen LogP contribution in [0.25, 0.3) is 0 Å². The minimum absolute atomic E-state index is 0.405. The monoisotopic (exact) mass is 482 g/mol. The Labute approximate surface area is 199 Å². The van der Waals surface area contributed by atoms with Crippen molar-refractivity contribution in [3.8, 4) is 5.75 Å². The number of halogens is 5. The van der Waals surface area contributed by atoms with Crippen LogP contribution in [0.5, 0.6) is 5.75 Å². The van der Waals surface area contributed by atoms with Crippen molar-refractivity contribution in [2.45, 2.75) is 90.1 Å². The van der Waals surface area contributed by atoms with Crippen LogP contribution in [-0.2, 0) is 12.5 Å². The molecule has 1 nitrogen and oxygen atoms in total. The molecule has 0 radical (unpaired) electrons. The molecule has 1 aliphatic carbocycles. The van der Waals surface area contributed by atoms with Gasteiger partial charge in [0.2, 0.25) is 0 Å². The van der Waals surface area contributed by atoms with Crippen molar-refractivity contribution in [2.75, 3.05) is 0 Å². The normalized spacial score (nSPS) is 18.8. The maximum absolute atomic E-state index is 14.4. The molecule has 0 aliphatic heterocycles. The first-order valence-corrected chi connectivity index (χ1v) is 12.6. The fourth-order valence-corrected chi connectivity index (χ4v) is 4.88. The summed E-state index contributed by atoms with van der Waals surface area (Å²) in [7, 11) is 0. The van der Waals surface area contributed by atoms with Gasteiger partial charge in [-0.15, -0.1) is 0 Å². The van der Waals surface area contributed by atoms with E-state index in [-0.39, 0.29) is 0 Å². The summed E-state index contributed by atoms with van der Waals surface area (Å²) in [4.78, 5) is 0. The molecule has 0 spiro atoms. The Kier molecular flexibility index (Phi) is 9.78. The van der Waals surface area contributed by atoms with Gasteiger partial charge in [-0.2, -0.15) is 8.78 Å². The van der Waals surface area contributed by atoms with Crippen LogP contribution in [0.1, 0.15) is 88.7 Å². The summed E-state index contributed by atoms with van der Waals surface area (Å²) in [6.07, 6.45) is 11.2. The van der Waals surface area contributed by atoms with Crippen molar-refractivity contribution in [1.82, 2.24) is 0 Å². The van der Waals surface area contributed by atoms with Crippen LogP contribution in [0.2, 0.25) is 0 Å². The van der Waals surface area contributed by atoms with E-state index in [1.807, 2.05) is 0 Å². The number of ether oxygens (including phenoxy) is 1. The average molecular weight is 483 g/mol. The van der Waals surface area contributed by atoms with Gasteiger partial charge in [0.1, 0.15) is 5.75 Å². The van der Waals surface area contributed by atoms with Gasteiger partial charge >= 0.3 is 6.11 Å². The Bertz CT molecular complexity index is 865. The van der Waals surface area contributed by atoms with Crippen LogP contribution >= 0.6 is 0 Å². The molecule has 0 unspecified atom stereocenters. The highest BCUT2D eigenvalue weighted by molar-refractivity contribution is 5.29. The molecule has 34 heavy (non-hydrogen) atoms. The summed E-state index contributed by atoms with van der Waals surface area (Å²) in [6.45, 7) is 2.24. The molecule has 0 amide bonds. The second-order valence-electron chi connectivity index (χ2n) is 9.64. The molecule has 188 valence electrons. The zero-order valence-corrected chi connectivity index (χ0v) is 19.9. The first-order valence-electron chi connectivity index (χ1n) is 12.6. The molecule has 3 rings (SSSR count). The Morgan fingerprint density at radius 2 is 1.35 bits per heavy atom. The molecule has 2 aromatic carbocycles. The van der Waals surface area contributed by atoms with Crippen LogP contribution in [0.15, 0.2) is 36.4 Å². The molecular weight excluding hydrogens is 447 g/mol. The lowest BCUT2D eigenvalue weighted by atomic mass is 9.77. The molecular formula is C28H35F5O. The fraction of sp³-hybridized carbons (Fsp3) is 0.571. The third-order valence-corrected chi connectivity index (χ3v) is 7.02. The van der Waals surface area contributed by atoms with E-state index in [2.05, 4.69) is 11.7 Å². The third kappa shape index (κ3) is 7.71.